The van der Waals surface area contributed by atoms with E-state index in [-0.39, 0.29) is 40.4 Å². The topological polar surface area (TPSA) is 169 Å². The number of nitrogen functional groups attached to an aromatic ring is 1. The van der Waals surface area contributed by atoms with Gasteiger partial charge in [-0.3, -0.25) is 19.5 Å². The van der Waals surface area contributed by atoms with Crippen LogP contribution < -0.4 is 11.1 Å². The minimum absolute atomic E-state index is 0.112. The van der Waals surface area contributed by atoms with Gasteiger partial charge in [-0.2, -0.15) is 0 Å². The van der Waals surface area contributed by atoms with Gasteiger partial charge in [-0.25, -0.2) is 9.78 Å². The number of β-lactam (4-membered cyclic amide) rings is 1. The normalized spacial score (nSPS) is 20.1. The predicted octanol–water partition coefficient (Wildman–Crippen LogP) is 0.384. The van der Waals surface area contributed by atoms with E-state index in [0.29, 0.717) is 0 Å². The monoisotopic (exact) mass is 490 g/mol. The van der Waals surface area contributed by atoms with Crippen molar-refractivity contribution >= 4 is 51.7 Å². The van der Waals surface area contributed by atoms with Crippen LogP contribution in [0, 0.1) is 0 Å². The zero-order valence-electron chi connectivity index (χ0n) is 17.1. The summed E-state index contributed by atoms with van der Waals surface area (Å²) in [6.45, 7) is 0.112. The fraction of sp³-hybridized carbons (Fsp3) is 0.263. The summed E-state index contributed by atoms with van der Waals surface area (Å²) in [7, 11) is 1.27. The van der Waals surface area contributed by atoms with Crippen LogP contribution in [0.2, 0.25) is 0 Å². The molecule has 2 atom stereocenters. The summed E-state index contributed by atoms with van der Waals surface area (Å²) < 4.78 is 5.69. The number of hydrogen-bond donors (Lipinski definition) is 3. The Hall–Kier alpha value is -3.65. The van der Waals surface area contributed by atoms with E-state index in [4.69, 9.17) is 15.3 Å². The second kappa shape index (κ2) is 9.46. The first kappa shape index (κ1) is 22.5. The van der Waals surface area contributed by atoms with E-state index in [9.17, 15) is 19.5 Å². The molecule has 2 aliphatic rings. The van der Waals surface area contributed by atoms with Gasteiger partial charge in [0.1, 0.15) is 36.6 Å². The highest BCUT2D eigenvalue weighted by Gasteiger charge is 2.55. The van der Waals surface area contributed by atoms with Gasteiger partial charge in [0.2, 0.25) is 0 Å². The van der Waals surface area contributed by atoms with Crippen LogP contribution in [0.15, 0.2) is 46.5 Å². The molecule has 4 rings (SSSR count). The van der Waals surface area contributed by atoms with E-state index in [0.717, 1.165) is 21.8 Å². The van der Waals surface area contributed by atoms with Gasteiger partial charge >= 0.3 is 5.97 Å². The van der Waals surface area contributed by atoms with Crippen molar-refractivity contribution in [2.75, 3.05) is 18.6 Å². The average molecular weight is 491 g/mol. The highest BCUT2D eigenvalue weighted by molar-refractivity contribution is 8.00. The number of nitrogens with zero attached hydrogens (tertiary/aromatic N) is 4. The number of thiazole rings is 1. The molecule has 4 heterocycles. The Morgan fingerprint density at radius 2 is 2.27 bits per heavy atom. The lowest BCUT2D eigenvalue weighted by molar-refractivity contribution is -0.150. The van der Waals surface area contributed by atoms with E-state index in [1.165, 1.54) is 24.3 Å². The van der Waals surface area contributed by atoms with Crippen LogP contribution in [0.3, 0.4) is 0 Å². The maximum absolute atomic E-state index is 12.8. The number of carbonyl (C=O) groups is 3. The summed E-state index contributed by atoms with van der Waals surface area (Å²) in [5, 5.41) is 17.2. The molecule has 172 valence electrons. The third kappa shape index (κ3) is 4.47. The number of aliphatic carboxylic acids is 1. The number of thioether (sulfide) groups is 1. The van der Waals surface area contributed by atoms with Crippen LogP contribution in [-0.4, -0.2) is 67.7 Å². The molecule has 0 radical (unpaired) electrons. The largest absolute Gasteiger partial charge is 0.490 e. The van der Waals surface area contributed by atoms with Gasteiger partial charge in [0.25, 0.3) is 11.8 Å². The number of nitrogens with two attached hydrogens (primary N) is 1. The van der Waals surface area contributed by atoms with Crippen molar-refractivity contribution < 1.29 is 29.1 Å². The number of hydrogen-bond acceptors (Lipinski definition) is 11. The Kier molecular flexibility index (Phi) is 6.46. The molecule has 4 N–H and O–H groups in total. The van der Waals surface area contributed by atoms with E-state index in [1.54, 1.807) is 24.5 Å². The molecule has 2 aromatic heterocycles. The molecule has 12 nitrogen and oxygen atoms in total. The number of fused-ring (bicyclic) bond motifs is 1. The molecule has 0 aromatic carbocycles. The smallest absolute Gasteiger partial charge is 0.356 e. The van der Waals surface area contributed by atoms with Crippen LogP contribution in [0.4, 0.5) is 5.13 Å². The number of aromatic nitrogens is 2. The van der Waals surface area contributed by atoms with E-state index < -0.39 is 29.2 Å². The summed E-state index contributed by atoms with van der Waals surface area (Å²) in [6, 6.07) is 2.58. The van der Waals surface area contributed by atoms with Gasteiger partial charge in [-0.15, -0.1) is 23.1 Å². The molecule has 2 amide bonds. The Balaban J connectivity index is 1.49. The van der Waals surface area contributed by atoms with Crippen LogP contribution in [-0.2, 0) is 30.6 Å². The maximum Gasteiger partial charge on any atom is 0.356 e. The Morgan fingerprint density at radius 1 is 1.45 bits per heavy atom. The Morgan fingerprint density at radius 3 is 2.91 bits per heavy atom. The summed E-state index contributed by atoms with van der Waals surface area (Å²) in [4.78, 5) is 51.4. The van der Waals surface area contributed by atoms with E-state index in [1.807, 2.05) is 0 Å². The first-order valence-electron chi connectivity index (χ1n) is 9.47. The molecule has 14 heteroatoms. The zero-order valence-corrected chi connectivity index (χ0v) is 18.8. The van der Waals surface area contributed by atoms with Crippen LogP contribution in [0.25, 0.3) is 0 Å². The van der Waals surface area contributed by atoms with Crippen molar-refractivity contribution in [3.63, 3.8) is 0 Å². The van der Waals surface area contributed by atoms with Crippen molar-refractivity contribution in [3.8, 4) is 0 Å². The lowest BCUT2D eigenvalue weighted by Crippen LogP contribution is -2.71. The fourth-order valence-electron chi connectivity index (χ4n) is 3.26. The van der Waals surface area contributed by atoms with Gasteiger partial charge < -0.3 is 25.7 Å². The first-order chi connectivity index (χ1) is 15.9. The number of anilines is 1. The second-order valence-corrected chi connectivity index (χ2v) is 8.78. The molecule has 1 fully saturated rings. The minimum Gasteiger partial charge on any atom is -0.490 e. The lowest BCUT2D eigenvalue weighted by atomic mass is 10.0. The van der Waals surface area contributed by atoms with Crippen molar-refractivity contribution in [2.45, 2.75) is 18.0 Å². The molecule has 33 heavy (non-hydrogen) atoms. The Labute approximate surface area is 195 Å². The third-order valence-corrected chi connectivity index (χ3v) is 6.65. The summed E-state index contributed by atoms with van der Waals surface area (Å²) >= 11 is 2.40. The molecule has 2 aliphatic heterocycles. The van der Waals surface area contributed by atoms with Crippen molar-refractivity contribution in [1.29, 1.82) is 0 Å². The number of pyridine rings is 1. The molecular weight excluding hydrogens is 472 g/mol. The molecule has 0 unspecified atom stereocenters. The maximum atomic E-state index is 12.8. The SMILES string of the molecule is CO/N=C(\C(=O)N[C@@H]1C(=O)N2C(C(=O)O)=C(OCc3cccnc3)CS[C@@H]12)c1csc(N)n1. The van der Waals surface area contributed by atoms with Crippen LogP contribution >= 0.6 is 23.1 Å². The summed E-state index contributed by atoms with van der Waals surface area (Å²) in [5.41, 5.74) is 6.19. The predicted molar refractivity (Wildman–Crippen MR) is 119 cm³/mol. The number of nitrogens with one attached hydrogen (secondary N) is 1. The molecule has 2 aromatic rings. The fourth-order valence-corrected chi connectivity index (χ4v) is 5.08. The highest BCUT2D eigenvalue weighted by atomic mass is 32.2. The number of oxime groups is 1. The standard InChI is InChI=1S/C19H18N6O6S2/c1-30-24-12(10-7-33-19(20)22-10)15(26)23-13-16(27)25-14(18(28)29)11(8-32-17(13)25)31-6-9-3-2-4-21-5-9/h2-5,7,13,17H,6,8H2,1H3,(H2,20,22)(H,23,26)(H,28,29)/b24-12-/t13-,17+/m1/s1. The summed E-state index contributed by atoms with van der Waals surface area (Å²) in [6.07, 6.45) is 3.22. The Bertz CT molecular complexity index is 1150. The van der Waals surface area contributed by atoms with E-state index >= 15 is 0 Å². The third-order valence-electron chi connectivity index (χ3n) is 4.72. The molecular formula is C19H18N6O6S2. The molecule has 0 bridgehead atoms. The van der Waals surface area contributed by atoms with E-state index in [2.05, 4.69) is 20.4 Å². The average Bonchev–Trinajstić information content (AvgIpc) is 3.25. The number of rotatable bonds is 8. The van der Waals surface area contributed by atoms with Gasteiger partial charge in [0.15, 0.2) is 16.5 Å². The van der Waals surface area contributed by atoms with Crippen molar-refractivity contribution in [1.82, 2.24) is 20.2 Å². The molecule has 1 saturated heterocycles. The number of ether oxygens (including phenoxy) is 1. The number of carboxylic acids is 1. The van der Waals surface area contributed by atoms with Gasteiger partial charge in [-0.05, 0) is 6.07 Å². The lowest BCUT2D eigenvalue weighted by Gasteiger charge is -2.48. The number of carbonyl (C=O) groups excluding carboxylic acids is 2. The molecule has 0 aliphatic carbocycles. The molecule has 0 spiro atoms. The highest BCUT2D eigenvalue weighted by Crippen LogP contribution is 2.40. The van der Waals surface area contributed by atoms with Gasteiger partial charge in [0, 0.05) is 23.3 Å². The number of amides is 2. The second-order valence-electron chi connectivity index (χ2n) is 6.78. The first-order valence-corrected chi connectivity index (χ1v) is 11.4. The van der Waals surface area contributed by atoms with Crippen molar-refractivity contribution in [2.24, 2.45) is 5.16 Å². The quantitative estimate of drug-likeness (QED) is 0.267. The zero-order chi connectivity index (χ0) is 23.5. The van der Waals surface area contributed by atoms with Crippen molar-refractivity contribution in [3.05, 3.63) is 52.6 Å². The number of carboxylic acid groups (broad SMARTS) is 1. The minimum atomic E-state index is -1.29. The van der Waals surface area contributed by atoms with Gasteiger partial charge in [-0.1, -0.05) is 11.2 Å². The van der Waals surface area contributed by atoms with Crippen LogP contribution in [0.1, 0.15) is 11.3 Å². The van der Waals surface area contributed by atoms with Gasteiger partial charge in [0.05, 0.1) is 5.75 Å². The summed E-state index contributed by atoms with van der Waals surface area (Å²) in [5.74, 6) is -2.18. The van der Waals surface area contributed by atoms with Crippen LogP contribution in [0.5, 0.6) is 0 Å². The molecule has 0 saturated carbocycles.